The third kappa shape index (κ3) is 34.5. The van der Waals surface area contributed by atoms with Crippen LogP contribution < -0.4 is 5.73 Å². The molecule has 0 aliphatic rings. The van der Waals surface area contributed by atoms with Crippen LogP contribution in [0.5, 0.6) is 0 Å². The van der Waals surface area contributed by atoms with Crippen molar-refractivity contribution in [3.8, 4) is 0 Å². The Balaban J connectivity index is 4.40. The summed E-state index contributed by atoms with van der Waals surface area (Å²) in [5.41, 5.74) is 5.31. The summed E-state index contributed by atoms with van der Waals surface area (Å²) in [6, 6.07) is -1.52. The highest BCUT2D eigenvalue weighted by Gasteiger charge is 2.28. The molecule has 3 atom stereocenters. The fourth-order valence-electron chi connectivity index (χ4n) is 5.00. The van der Waals surface area contributed by atoms with E-state index in [0.29, 0.717) is 12.8 Å². The molecule has 0 aliphatic carbocycles. The van der Waals surface area contributed by atoms with E-state index in [9.17, 15) is 23.8 Å². The van der Waals surface area contributed by atoms with Gasteiger partial charge in [-0.1, -0.05) is 140 Å². The van der Waals surface area contributed by atoms with Gasteiger partial charge in [-0.05, 0) is 51.4 Å². The van der Waals surface area contributed by atoms with Crippen LogP contribution in [-0.4, -0.2) is 59.9 Å². The molecule has 0 saturated carbocycles. The molecule has 0 heterocycles. The monoisotopic (exact) mass is 755 g/mol. The van der Waals surface area contributed by atoms with Crippen molar-refractivity contribution in [3.63, 3.8) is 0 Å². The second-order valence-electron chi connectivity index (χ2n) is 13.0. The van der Waals surface area contributed by atoms with Gasteiger partial charge in [-0.25, -0.2) is 4.57 Å². The number of phosphoric acid groups is 1. The highest BCUT2D eigenvalue weighted by Crippen LogP contribution is 2.43. The topological polar surface area (TPSA) is 172 Å². The van der Waals surface area contributed by atoms with Gasteiger partial charge in [-0.15, -0.1) is 0 Å². The molecular formula is C40H70NO10P. The molecule has 0 bridgehead atoms. The molecule has 0 aliphatic heterocycles. The normalized spacial score (nSPS) is 14.4. The maximum Gasteiger partial charge on any atom is 0.472 e. The van der Waals surface area contributed by atoms with Gasteiger partial charge in [0.1, 0.15) is 12.6 Å². The summed E-state index contributed by atoms with van der Waals surface area (Å²) in [5.74, 6) is -2.40. The van der Waals surface area contributed by atoms with E-state index in [-0.39, 0.29) is 19.4 Å². The summed E-state index contributed by atoms with van der Waals surface area (Å²) in [6.45, 7) is 2.63. The van der Waals surface area contributed by atoms with E-state index in [2.05, 4.69) is 67.0 Å². The Morgan fingerprint density at radius 2 is 1.08 bits per heavy atom. The maximum absolute atomic E-state index is 12.6. The molecule has 0 aromatic rings. The lowest BCUT2D eigenvalue weighted by molar-refractivity contribution is -0.161. The predicted molar refractivity (Wildman–Crippen MR) is 208 cm³/mol. The van der Waals surface area contributed by atoms with Crippen molar-refractivity contribution in [3.05, 3.63) is 48.6 Å². The van der Waals surface area contributed by atoms with Crippen molar-refractivity contribution in [1.82, 2.24) is 0 Å². The van der Waals surface area contributed by atoms with Crippen LogP contribution in [0.15, 0.2) is 48.6 Å². The largest absolute Gasteiger partial charge is 0.480 e. The van der Waals surface area contributed by atoms with Crippen molar-refractivity contribution < 1.29 is 47.5 Å². The number of ether oxygens (including phenoxy) is 2. The number of carbonyl (C=O) groups excluding carboxylic acids is 2. The fraction of sp³-hybridized carbons (Fsp3) is 0.725. The zero-order valence-corrected chi connectivity index (χ0v) is 33.0. The number of carboxylic acid groups (broad SMARTS) is 1. The third-order valence-corrected chi connectivity index (χ3v) is 9.04. The Bertz CT molecular complexity index is 1070. The molecule has 0 saturated heterocycles. The van der Waals surface area contributed by atoms with Crippen LogP contribution in [0.2, 0.25) is 0 Å². The van der Waals surface area contributed by atoms with E-state index in [1.54, 1.807) is 0 Å². The lowest BCUT2D eigenvalue weighted by Crippen LogP contribution is -2.34. The lowest BCUT2D eigenvalue weighted by atomic mass is 10.1. The van der Waals surface area contributed by atoms with Gasteiger partial charge in [-0.2, -0.15) is 0 Å². The Hall–Kier alpha value is -2.56. The van der Waals surface area contributed by atoms with Crippen LogP contribution in [0, 0.1) is 0 Å². The summed E-state index contributed by atoms with van der Waals surface area (Å²) >= 11 is 0. The van der Waals surface area contributed by atoms with E-state index >= 15 is 0 Å². The molecule has 0 fully saturated rings. The van der Waals surface area contributed by atoms with Gasteiger partial charge in [0.2, 0.25) is 0 Å². The zero-order chi connectivity index (χ0) is 38.5. The van der Waals surface area contributed by atoms with Crippen LogP contribution in [0.25, 0.3) is 0 Å². The molecule has 300 valence electrons. The minimum atomic E-state index is -4.71. The lowest BCUT2D eigenvalue weighted by Gasteiger charge is -2.20. The van der Waals surface area contributed by atoms with Gasteiger partial charge in [0.15, 0.2) is 6.10 Å². The Kier molecular flexibility index (Phi) is 33.7. The molecular weight excluding hydrogens is 685 g/mol. The van der Waals surface area contributed by atoms with E-state index < -0.39 is 51.1 Å². The predicted octanol–water partition coefficient (Wildman–Crippen LogP) is 9.83. The third-order valence-electron chi connectivity index (χ3n) is 8.09. The summed E-state index contributed by atoms with van der Waals surface area (Å²) in [5, 5.41) is 8.86. The van der Waals surface area contributed by atoms with Gasteiger partial charge < -0.3 is 25.2 Å². The molecule has 11 nitrogen and oxygen atoms in total. The minimum absolute atomic E-state index is 0.144. The smallest absolute Gasteiger partial charge is 0.472 e. The molecule has 0 radical (unpaired) electrons. The molecule has 4 N–H and O–H groups in total. The molecule has 0 amide bonds. The number of esters is 2. The molecule has 52 heavy (non-hydrogen) atoms. The van der Waals surface area contributed by atoms with Crippen LogP contribution in [0.1, 0.15) is 155 Å². The quantitative estimate of drug-likeness (QED) is 0.0241. The van der Waals surface area contributed by atoms with Gasteiger partial charge in [-0.3, -0.25) is 23.4 Å². The maximum atomic E-state index is 12.6. The molecule has 12 heteroatoms. The van der Waals surface area contributed by atoms with Gasteiger partial charge in [0.05, 0.1) is 13.2 Å². The average Bonchev–Trinajstić information content (AvgIpc) is 3.12. The van der Waals surface area contributed by atoms with Crippen molar-refractivity contribution in [1.29, 1.82) is 0 Å². The first kappa shape index (κ1) is 49.4. The van der Waals surface area contributed by atoms with Crippen LogP contribution in [-0.2, 0) is 37.5 Å². The van der Waals surface area contributed by atoms with Crippen LogP contribution in [0.3, 0.4) is 0 Å². The fourth-order valence-corrected chi connectivity index (χ4v) is 5.77. The number of hydrogen-bond acceptors (Lipinski definition) is 9. The highest BCUT2D eigenvalue weighted by atomic mass is 31.2. The number of allylic oxidation sites excluding steroid dienone is 8. The number of unbranched alkanes of at least 4 members (excludes halogenated alkanes) is 14. The van der Waals surface area contributed by atoms with E-state index in [4.69, 9.17) is 24.8 Å². The van der Waals surface area contributed by atoms with E-state index in [1.807, 2.05) is 0 Å². The number of nitrogens with two attached hydrogens (primary N) is 1. The van der Waals surface area contributed by atoms with E-state index in [0.717, 1.165) is 83.5 Å². The second-order valence-corrected chi connectivity index (χ2v) is 14.5. The first-order valence-electron chi connectivity index (χ1n) is 19.7. The van der Waals surface area contributed by atoms with Gasteiger partial charge in [0, 0.05) is 12.8 Å². The van der Waals surface area contributed by atoms with Gasteiger partial charge in [0.25, 0.3) is 0 Å². The van der Waals surface area contributed by atoms with E-state index in [1.165, 1.54) is 32.1 Å². The van der Waals surface area contributed by atoms with Crippen molar-refractivity contribution >= 4 is 25.7 Å². The number of hydrogen-bond donors (Lipinski definition) is 3. The molecule has 0 aromatic heterocycles. The molecule has 0 rings (SSSR count). The number of carboxylic acids is 1. The SMILES string of the molecule is CC/C=C\C/C=C\C/C=C\C/C=C\CCCCCCCCC(=O)OC(COC(=O)CCCCCCCCCCC)COP(=O)(O)OCC(N)C(=O)O. The Morgan fingerprint density at radius 3 is 1.62 bits per heavy atom. The standard InChI is InChI=1S/C40H70NO10P/c1-3-5-7-9-11-13-14-15-16-17-18-19-20-21-22-24-26-28-30-32-39(43)51-36(34-49-52(46,47)50-35-37(41)40(44)45)33-48-38(42)31-29-27-25-23-12-10-8-6-4-2/h5,7,11,13,15-16,18-19,36-37H,3-4,6,8-10,12,14,17,20-35,41H2,1-2H3,(H,44,45)(H,46,47)/b7-5-,13-11-,16-15-,19-18-. The number of phosphoric ester groups is 1. The Labute approximate surface area is 314 Å². The summed E-state index contributed by atoms with van der Waals surface area (Å²) in [7, 11) is -4.71. The first-order valence-corrected chi connectivity index (χ1v) is 21.2. The second kappa shape index (κ2) is 35.5. The highest BCUT2D eigenvalue weighted by molar-refractivity contribution is 7.47. The van der Waals surface area contributed by atoms with Crippen LogP contribution in [0.4, 0.5) is 0 Å². The van der Waals surface area contributed by atoms with Crippen molar-refractivity contribution in [2.24, 2.45) is 5.73 Å². The summed E-state index contributed by atoms with van der Waals surface area (Å²) < 4.78 is 32.5. The van der Waals surface area contributed by atoms with Crippen molar-refractivity contribution in [2.75, 3.05) is 19.8 Å². The molecule has 0 spiro atoms. The number of carbonyl (C=O) groups is 3. The first-order chi connectivity index (χ1) is 25.1. The Morgan fingerprint density at radius 1 is 0.615 bits per heavy atom. The summed E-state index contributed by atoms with van der Waals surface area (Å²) in [4.78, 5) is 45.7. The van der Waals surface area contributed by atoms with Crippen LogP contribution >= 0.6 is 7.82 Å². The molecule has 3 unspecified atom stereocenters. The zero-order valence-electron chi connectivity index (χ0n) is 32.1. The van der Waals surface area contributed by atoms with Crippen molar-refractivity contribution in [2.45, 2.75) is 167 Å². The summed E-state index contributed by atoms with van der Waals surface area (Å²) in [6.07, 6.45) is 37.6. The minimum Gasteiger partial charge on any atom is -0.480 e. The molecule has 0 aromatic carbocycles. The number of rotatable bonds is 36. The van der Waals surface area contributed by atoms with Gasteiger partial charge >= 0.3 is 25.7 Å². The number of aliphatic carboxylic acids is 1. The average molecular weight is 756 g/mol.